The van der Waals surface area contributed by atoms with Crippen molar-refractivity contribution in [3.8, 4) is 0 Å². The zero-order valence-electron chi connectivity index (χ0n) is 8.93. The molecule has 1 unspecified atom stereocenters. The van der Waals surface area contributed by atoms with Crippen LogP contribution in [0.25, 0.3) is 0 Å². The fourth-order valence-electron chi connectivity index (χ4n) is 0.935. The van der Waals surface area contributed by atoms with Gasteiger partial charge in [-0.25, -0.2) is 0 Å². The second-order valence-corrected chi connectivity index (χ2v) is 2.53. The van der Waals surface area contributed by atoms with Crippen molar-refractivity contribution in [3.05, 3.63) is 37.0 Å². The molecule has 0 aromatic rings. The standard InChI is InChI=1S/C11H17NO3/c1-4-7-10(5-2)11(14-6-3)15-9-8-12-13/h4-5,7-8,11,13H,1-2,6,9H2,3H3/b10-7+,12-8+. The van der Waals surface area contributed by atoms with Gasteiger partial charge in [-0.1, -0.05) is 36.5 Å². The lowest BCUT2D eigenvalue weighted by molar-refractivity contribution is -0.100. The van der Waals surface area contributed by atoms with Crippen LogP contribution in [0.4, 0.5) is 0 Å². The normalized spacial score (nSPS) is 14.1. The molecule has 0 bridgehead atoms. The van der Waals surface area contributed by atoms with Crippen LogP contribution in [0.15, 0.2) is 42.1 Å². The number of hydrogen-bond donors (Lipinski definition) is 1. The number of ether oxygens (including phenoxy) is 2. The van der Waals surface area contributed by atoms with Gasteiger partial charge in [-0.15, -0.1) is 0 Å². The van der Waals surface area contributed by atoms with Gasteiger partial charge in [-0.05, 0) is 6.92 Å². The fraction of sp³-hybridized carbons (Fsp3) is 0.364. The molecule has 0 aliphatic carbocycles. The monoisotopic (exact) mass is 211 g/mol. The number of nitrogens with zero attached hydrogens (tertiary/aromatic N) is 1. The van der Waals surface area contributed by atoms with Crippen molar-refractivity contribution >= 4 is 6.21 Å². The third-order valence-electron chi connectivity index (χ3n) is 1.54. The smallest absolute Gasteiger partial charge is 0.184 e. The molecule has 0 spiro atoms. The Bertz CT molecular complexity index is 246. The van der Waals surface area contributed by atoms with E-state index in [2.05, 4.69) is 18.3 Å². The first kappa shape index (κ1) is 13.6. The van der Waals surface area contributed by atoms with Gasteiger partial charge in [-0.3, -0.25) is 0 Å². The molecule has 84 valence electrons. The maximum Gasteiger partial charge on any atom is 0.184 e. The number of hydrogen-bond acceptors (Lipinski definition) is 4. The molecule has 0 heterocycles. The maximum absolute atomic E-state index is 8.21. The number of oxime groups is 1. The average Bonchev–Trinajstić information content (AvgIpc) is 2.25. The summed E-state index contributed by atoms with van der Waals surface area (Å²) in [6.07, 6.45) is 5.75. The summed E-state index contributed by atoms with van der Waals surface area (Å²) in [5.74, 6) is 0. The summed E-state index contributed by atoms with van der Waals surface area (Å²) in [5.41, 5.74) is 0.776. The van der Waals surface area contributed by atoms with Crippen molar-refractivity contribution in [2.75, 3.05) is 13.2 Å². The molecule has 0 aromatic carbocycles. The second kappa shape index (κ2) is 9.18. The first-order valence-electron chi connectivity index (χ1n) is 4.64. The lowest BCUT2D eigenvalue weighted by Gasteiger charge is -2.17. The highest BCUT2D eigenvalue weighted by Gasteiger charge is 2.10. The van der Waals surface area contributed by atoms with Crippen molar-refractivity contribution in [1.82, 2.24) is 0 Å². The molecule has 4 heteroatoms. The Labute approximate surface area is 90.2 Å². The summed E-state index contributed by atoms with van der Waals surface area (Å²) < 4.78 is 10.7. The minimum Gasteiger partial charge on any atom is -0.411 e. The van der Waals surface area contributed by atoms with Gasteiger partial charge < -0.3 is 14.7 Å². The van der Waals surface area contributed by atoms with Gasteiger partial charge in [0.2, 0.25) is 0 Å². The van der Waals surface area contributed by atoms with Crippen LogP contribution in [0.2, 0.25) is 0 Å². The van der Waals surface area contributed by atoms with Gasteiger partial charge in [-0.2, -0.15) is 0 Å². The molecule has 1 atom stereocenters. The van der Waals surface area contributed by atoms with Crippen LogP contribution < -0.4 is 0 Å². The molecule has 4 nitrogen and oxygen atoms in total. The lowest BCUT2D eigenvalue weighted by atomic mass is 10.2. The van der Waals surface area contributed by atoms with Crippen molar-refractivity contribution < 1.29 is 14.7 Å². The van der Waals surface area contributed by atoms with Crippen molar-refractivity contribution in [2.24, 2.45) is 5.16 Å². The fourth-order valence-corrected chi connectivity index (χ4v) is 0.935. The lowest BCUT2D eigenvalue weighted by Crippen LogP contribution is -2.20. The molecule has 0 fully saturated rings. The van der Waals surface area contributed by atoms with E-state index in [1.165, 1.54) is 6.21 Å². The Morgan fingerprint density at radius 2 is 2.20 bits per heavy atom. The highest BCUT2D eigenvalue weighted by Crippen LogP contribution is 2.09. The van der Waals surface area contributed by atoms with E-state index >= 15 is 0 Å². The Morgan fingerprint density at radius 3 is 2.67 bits per heavy atom. The van der Waals surface area contributed by atoms with Gasteiger partial charge in [0.05, 0.1) is 12.8 Å². The van der Waals surface area contributed by atoms with Gasteiger partial charge in [0.15, 0.2) is 6.29 Å². The summed E-state index contributed by atoms with van der Waals surface area (Å²) in [7, 11) is 0. The molecule has 15 heavy (non-hydrogen) atoms. The molecule has 0 saturated heterocycles. The van der Waals surface area contributed by atoms with Crippen LogP contribution in [-0.2, 0) is 9.47 Å². The van der Waals surface area contributed by atoms with Gasteiger partial charge in [0, 0.05) is 12.2 Å². The van der Waals surface area contributed by atoms with Crippen LogP contribution in [-0.4, -0.2) is 30.9 Å². The van der Waals surface area contributed by atoms with Gasteiger partial charge in [0.1, 0.15) is 0 Å². The molecule has 0 aliphatic heterocycles. The van der Waals surface area contributed by atoms with Crippen LogP contribution in [0.1, 0.15) is 6.92 Å². The third-order valence-corrected chi connectivity index (χ3v) is 1.54. The summed E-state index contributed by atoms with van der Waals surface area (Å²) in [4.78, 5) is 0. The minimum absolute atomic E-state index is 0.170. The van der Waals surface area contributed by atoms with Crippen LogP contribution >= 0.6 is 0 Å². The van der Waals surface area contributed by atoms with E-state index < -0.39 is 6.29 Å². The first-order valence-corrected chi connectivity index (χ1v) is 4.64. The summed E-state index contributed by atoms with van der Waals surface area (Å²) in [5, 5.41) is 11.0. The van der Waals surface area contributed by atoms with E-state index in [4.69, 9.17) is 14.7 Å². The summed E-state index contributed by atoms with van der Waals surface area (Å²) >= 11 is 0. The summed E-state index contributed by atoms with van der Waals surface area (Å²) in [6, 6.07) is 0. The first-order chi connectivity index (χ1) is 7.29. The average molecular weight is 211 g/mol. The Hall–Kier alpha value is -1.39. The van der Waals surface area contributed by atoms with E-state index in [-0.39, 0.29) is 6.61 Å². The molecule has 0 saturated carbocycles. The molecule has 0 rings (SSSR count). The quantitative estimate of drug-likeness (QED) is 0.220. The van der Waals surface area contributed by atoms with Crippen molar-refractivity contribution in [3.63, 3.8) is 0 Å². The topological polar surface area (TPSA) is 51.0 Å². The number of allylic oxidation sites excluding steroid dienone is 2. The maximum atomic E-state index is 8.21. The molecule has 0 aromatic heterocycles. The van der Waals surface area contributed by atoms with Crippen LogP contribution in [0.3, 0.4) is 0 Å². The molecular weight excluding hydrogens is 194 g/mol. The predicted molar refractivity (Wildman–Crippen MR) is 60.1 cm³/mol. The predicted octanol–water partition coefficient (Wildman–Crippen LogP) is 2.12. The second-order valence-electron chi connectivity index (χ2n) is 2.53. The van der Waals surface area contributed by atoms with E-state index in [0.29, 0.717) is 6.61 Å². The summed E-state index contributed by atoms with van der Waals surface area (Å²) in [6.45, 7) is 9.79. The van der Waals surface area contributed by atoms with E-state index in [0.717, 1.165) is 5.57 Å². The SMILES string of the molecule is C=C/C=C(\C=C)C(OCC)OC/C=N/O. The molecular formula is C11H17NO3. The minimum atomic E-state index is -0.511. The van der Waals surface area contributed by atoms with Gasteiger partial charge in [0.25, 0.3) is 0 Å². The van der Waals surface area contributed by atoms with Crippen molar-refractivity contribution in [1.29, 1.82) is 0 Å². The highest BCUT2D eigenvalue weighted by atomic mass is 16.7. The molecule has 1 N–H and O–H groups in total. The molecule has 0 aliphatic rings. The van der Waals surface area contributed by atoms with Crippen molar-refractivity contribution in [2.45, 2.75) is 13.2 Å². The van der Waals surface area contributed by atoms with E-state index in [1.54, 1.807) is 18.2 Å². The molecule has 0 radical (unpaired) electrons. The van der Waals surface area contributed by atoms with E-state index in [9.17, 15) is 0 Å². The van der Waals surface area contributed by atoms with Crippen LogP contribution in [0.5, 0.6) is 0 Å². The Morgan fingerprint density at radius 1 is 1.47 bits per heavy atom. The largest absolute Gasteiger partial charge is 0.411 e. The molecule has 0 amide bonds. The van der Waals surface area contributed by atoms with Gasteiger partial charge >= 0.3 is 0 Å². The highest BCUT2D eigenvalue weighted by molar-refractivity contribution is 5.57. The number of rotatable bonds is 8. The van der Waals surface area contributed by atoms with E-state index in [1.807, 2.05) is 6.92 Å². The Kier molecular flexibility index (Phi) is 8.33. The van der Waals surface area contributed by atoms with Crippen LogP contribution in [0, 0.1) is 0 Å². The Balaban J connectivity index is 4.39. The zero-order valence-corrected chi connectivity index (χ0v) is 8.93. The third kappa shape index (κ3) is 5.83. The zero-order chi connectivity index (χ0) is 11.5.